The monoisotopic (exact) mass is 235 g/mol. The van der Waals surface area contributed by atoms with E-state index in [0.29, 0.717) is 6.08 Å². The molecule has 0 aliphatic rings. The molecule has 6 N–H and O–H groups in total. The van der Waals surface area contributed by atoms with Crippen LogP contribution in [0.5, 0.6) is 0 Å². The van der Waals surface area contributed by atoms with Gasteiger partial charge in [-0.2, -0.15) is 0 Å². The van der Waals surface area contributed by atoms with Gasteiger partial charge in [0.15, 0.2) is 0 Å². The number of carbonyl (C=O) groups is 2. The summed E-state index contributed by atoms with van der Waals surface area (Å²) in [4.78, 5) is 20.9. The zero-order chi connectivity index (χ0) is 12.8. The Morgan fingerprint density at radius 3 is 1.75 bits per heavy atom. The van der Waals surface area contributed by atoms with Gasteiger partial charge in [0.05, 0.1) is 25.9 Å². The molecule has 0 spiro atoms. The zero-order valence-corrected chi connectivity index (χ0v) is 8.25. The maximum absolute atomic E-state index is 10.6. The molecule has 0 heterocycles. The molecule has 92 valence electrons. The minimum atomic E-state index is -1.68. The van der Waals surface area contributed by atoms with Gasteiger partial charge < -0.3 is 30.8 Å². The Hall–Kier alpha value is -1.64. The SMILES string of the molecule is O=C(O)/C=C(\NC(CO)(CO)CO)C(=O)O. The van der Waals surface area contributed by atoms with Crippen molar-refractivity contribution in [1.29, 1.82) is 0 Å². The largest absolute Gasteiger partial charge is 0.478 e. The number of aliphatic hydroxyl groups excluding tert-OH is 3. The highest BCUT2D eigenvalue weighted by Gasteiger charge is 2.30. The van der Waals surface area contributed by atoms with Crippen LogP contribution in [0.15, 0.2) is 11.8 Å². The molecule has 0 saturated carbocycles. The van der Waals surface area contributed by atoms with Gasteiger partial charge in [-0.1, -0.05) is 0 Å². The van der Waals surface area contributed by atoms with Gasteiger partial charge in [-0.3, -0.25) is 0 Å². The average Bonchev–Trinajstić information content (AvgIpc) is 2.24. The summed E-state index contributed by atoms with van der Waals surface area (Å²) >= 11 is 0. The van der Waals surface area contributed by atoms with E-state index in [4.69, 9.17) is 25.5 Å². The Kier molecular flexibility index (Phi) is 5.43. The molecule has 0 aromatic carbocycles. The predicted octanol–water partition coefficient (Wildman–Crippen LogP) is -2.66. The van der Waals surface area contributed by atoms with Crippen LogP contribution in [0.25, 0.3) is 0 Å². The molecular weight excluding hydrogens is 222 g/mol. The van der Waals surface area contributed by atoms with Crippen LogP contribution in [0.2, 0.25) is 0 Å². The van der Waals surface area contributed by atoms with Crippen molar-refractivity contribution in [2.75, 3.05) is 19.8 Å². The summed E-state index contributed by atoms with van der Waals surface area (Å²) in [5.41, 5.74) is -2.43. The smallest absolute Gasteiger partial charge is 0.352 e. The molecule has 0 aliphatic carbocycles. The first kappa shape index (κ1) is 14.4. The van der Waals surface area contributed by atoms with Gasteiger partial charge in [-0.05, 0) is 0 Å². The van der Waals surface area contributed by atoms with Crippen LogP contribution in [-0.2, 0) is 9.59 Å². The van der Waals surface area contributed by atoms with Crippen LogP contribution < -0.4 is 5.32 Å². The van der Waals surface area contributed by atoms with Crippen LogP contribution in [0.4, 0.5) is 0 Å². The minimum Gasteiger partial charge on any atom is -0.478 e. The lowest BCUT2D eigenvalue weighted by atomic mass is 10.0. The molecule has 8 heteroatoms. The maximum Gasteiger partial charge on any atom is 0.352 e. The van der Waals surface area contributed by atoms with Crippen molar-refractivity contribution in [1.82, 2.24) is 5.32 Å². The second-order valence-electron chi connectivity index (χ2n) is 3.08. The fourth-order valence-corrected chi connectivity index (χ4v) is 0.829. The molecule has 0 unspecified atom stereocenters. The Labute approximate surface area is 90.4 Å². The predicted molar refractivity (Wildman–Crippen MR) is 50.5 cm³/mol. The molecule has 0 saturated heterocycles. The topological polar surface area (TPSA) is 147 Å². The first-order chi connectivity index (χ1) is 7.40. The number of nitrogens with one attached hydrogen (secondary N) is 1. The molecule has 8 nitrogen and oxygen atoms in total. The van der Waals surface area contributed by atoms with E-state index in [1.54, 1.807) is 0 Å². The van der Waals surface area contributed by atoms with Gasteiger partial charge in [0.2, 0.25) is 0 Å². The Morgan fingerprint density at radius 2 is 1.50 bits per heavy atom. The molecule has 0 aromatic heterocycles. The molecule has 0 aliphatic heterocycles. The normalized spacial score (nSPS) is 12.3. The van der Waals surface area contributed by atoms with Crippen LogP contribution in [-0.4, -0.2) is 62.8 Å². The fraction of sp³-hybridized carbons (Fsp3) is 0.500. The summed E-state index contributed by atoms with van der Waals surface area (Å²) in [7, 11) is 0. The van der Waals surface area contributed by atoms with Crippen molar-refractivity contribution in [3.63, 3.8) is 0 Å². The van der Waals surface area contributed by atoms with Gasteiger partial charge in [0, 0.05) is 0 Å². The molecule has 0 aromatic rings. The number of aliphatic hydroxyl groups is 3. The summed E-state index contributed by atoms with van der Waals surface area (Å²) in [6.07, 6.45) is 0.359. The highest BCUT2D eigenvalue weighted by Crippen LogP contribution is 2.05. The quantitative estimate of drug-likeness (QED) is 0.262. The van der Waals surface area contributed by atoms with Crippen LogP contribution >= 0.6 is 0 Å². The van der Waals surface area contributed by atoms with Crippen LogP contribution in [0.3, 0.4) is 0 Å². The minimum absolute atomic E-state index is 0.359. The van der Waals surface area contributed by atoms with Crippen LogP contribution in [0, 0.1) is 0 Å². The van der Waals surface area contributed by atoms with Crippen molar-refractivity contribution in [2.45, 2.75) is 5.54 Å². The van der Waals surface area contributed by atoms with Crippen molar-refractivity contribution in [3.05, 3.63) is 11.8 Å². The third-order valence-corrected chi connectivity index (χ3v) is 1.81. The second-order valence-corrected chi connectivity index (χ2v) is 3.08. The molecule has 0 rings (SSSR count). The average molecular weight is 235 g/mol. The van der Waals surface area contributed by atoms with Crippen molar-refractivity contribution >= 4 is 11.9 Å². The second kappa shape index (κ2) is 6.05. The van der Waals surface area contributed by atoms with Gasteiger partial charge >= 0.3 is 11.9 Å². The maximum atomic E-state index is 10.6. The van der Waals surface area contributed by atoms with Crippen molar-refractivity contribution in [2.24, 2.45) is 0 Å². The Bertz CT molecular complexity index is 286. The molecule has 16 heavy (non-hydrogen) atoms. The Balaban J connectivity index is 5.00. The summed E-state index contributed by atoms with van der Waals surface area (Å²) in [5, 5.41) is 45.8. The van der Waals surface area contributed by atoms with E-state index in [0.717, 1.165) is 0 Å². The zero-order valence-electron chi connectivity index (χ0n) is 8.25. The van der Waals surface area contributed by atoms with E-state index < -0.39 is 43.0 Å². The lowest BCUT2D eigenvalue weighted by Gasteiger charge is -2.29. The third-order valence-electron chi connectivity index (χ3n) is 1.81. The van der Waals surface area contributed by atoms with E-state index in [2.05, 4.69) is 5.32 Å². The summed E-state index contributed by atoms with van der Waals surface area (Å²) < 4.78 is 0. The van der Waals surface area contributed by atoms with Gasteiger partial charge in [-0.25, -0.2) is 9.59 Å². The highest BCUT2D eigenvalue weighted by atomic mass is 16.4. The molecule has 0 amide bonds. The first-order valence-electron chi connectivity index (χ1n) is 4.19. The highest BCUT2D eigenvalue weighted by molar-refractivity contribution is 5.94. The summed E-state index contributed by atoms with van der Waals surface area (Å²) in [5.74, 6) is -3.09. The van der Waals surface area contributed by atoms with E-state index >= 15 is 0 Å². The van der Waals surface area contributed by atoms with Gasteiger partial charge in [0.1, 0.15) is 11.2 Å². The standard InChI is InChI=1S/C8H13NO7/c10-2-8(3-11,4-12)9-5(7(15)16)1-6(13)14/h1,9-12H,2-4H2,(H,13,14)(H,15,16)/b5-1-. The summed E-state index contributed by atoms with van der Waals surface area (Å²) in [6, 6.07) is 0. The number of carboxylic acids is 2. The van der Waals surface area contributed by atoms with Crippen LogP contribution in [0.1, 0.15) is 0 Å². The Morgan fingerprint density at radius 1 is 1.06 bits per heavy atom. The van der Waals surface area contributed by atoms with E-state index in [1.807, 2.05) is 0 Å². The van der Waals surface area contributed by atoms with Gasteiger partial charge in [0.25, 0.3) is 0 Å². The fourth-order valence-electron chi connectivity index (χ4n) is 0.829. The first-order valence-corrected chi connectivity index (χ1v) is 4.19. The molecule has 0 bridgehead atoms. The molecule has 0 fully saturated rings. The van der Waals surface area contributed by atoms with E-state index in [-0.39, 0.29) is 0 Å². The van der Waals surface area contributed by atoms with Gasteiger partial charge in [-0.15, -0.1) is 0 Å². The lowest BCUT2D eigenvalue weighted by molar-refractivity contribution is -0.135. The third kappa shape index (κ3) is 3.85. The molecular formula is C8H13NO7. The lowest BCUT2D eigenvalue weighted by Crippen LogP contribution is -2.55. The molecule has 0 atom stereocenters. The summed E-state index contributed by atoms with van der Waals surface area (Å²) in [6.45, 7) is -2.28. The van der Waals surface area contributed by atoms with E-state index in [9.17, 15) is 9.59 Å². The molecule has 0 radical (unpaired) electrons. The van der Waals surface area contributed by atoms with E-state index in [1.165, 1.54) is 0 Å². The number of hydrogen-bond donors (Lipinski definition) is 6. The number of rotatable bonds is 7. The number of hydrogen-bond acceptors (Lipinski definition) is 6. The number of carboxylic acid groups (broad SMARTS) is 2. The van der Waals surface area contributed by atoms with Crippen molar-refractivity contribution < 1.29 is 35.1 Å². The van der Waals surface area contributed by atoms with Crippen molar-refractivity contribution in [3.8, 4) is 0 Å². The number of aliphatic carboxylic acids is 2.